The molecule has 1 aliphatic heterocycles. The van der Waals surface area contributed by atoms with Gasteiger partial charge in [0, 0.05) is 34.2 Å². The summed E-state index contributed by atoms with van der Waals surface area (Å²) in [5, 5.41) is 9.44. The number of hydrogen-bond donors (Lipinski definition) is 0. The van der Waals surface area contributed by atoms with Gasteiger partial charge in [-0.25, -0.2) is 4.39 Å². The van der Waals surface area contributed by atoms with Crippen molar-refractivity contribution in [1.29, 1.82) is 5.26 Å². The summed E-state index contributed by atoms with van der Waals surface area (Å²) in [7, 11) is 1.36. The van der Waals surface area contributed by atoms with E-state index in [2.05, 4.69) is 0 Å². The minimum atomic E-state index is -0.526. The predicted octanol–water partition coefficient (Wildman–Crippen LogP) is 5.41. The van der Waals surface area contributed by atoms with Crippen LogP contribution in [0.25, 0.3) is 0 Å². The molecule has 3 aromatic rings. The fourth-order valence-corrected chi connectivity index (χ4v) is 4.72. The zero-order valence-corrected chi connectivity index (χ0v) is 19.5. The molecule has 0 fully saturated rings. The van der Waals surface area contributed by atoms with E-state index >= 15 is 0 Å². The van der Waals surface area contributed by atoms with Crippen molar-refractivity contribution in [3.63, 3.8) is 0 Å². The normalized spacial score (nSPS) is 17.4. The van der Waals surface area contributed by atoms with Crippen molar-refractivity contribution in [3.05, 3.63) is 82.2 Å². The van der Waals surface area contributed by atoms with E-state index < -0.39 is 11.9 Å². The van der Waals surface area contributed by atoms with Crippen molar-refractivity contribution in [1.82, 2.24) is 0 Å². The topological polar surface area (TPSA) is 94.8 Å². The summed E-state index contributed by atoms with van der Waals surface area (Å²) >= 11 is 0. The molecule has 0 spiro atoms. The highest BCUT2D eigenvalue weighted by Gasteiger charge is 2.32. The third kappa shape index (κ3) is 4.36. The summed E-state index contributed by atoms with van der Waals surface area (Å²) in [4.78, 5) is 22.7. The Bertz CT molecular complexity index is 1400. The highest BCUT2D eigenvalue weighted by molar-refractivity contribution is 5.76. The molecule has 1 heterocycles. The first-order valence-corrected chi connectivity index (χ1v) is 11.5. The van der Waals surface area contributed by atoms with Crippen LogP contribution in [0.1, 0.15) is 57.5 Å². The number of aldehydes is 1. The number of carbonyl (C=O) groups is 2. The molecular formula is C28H22FNO6. The van der Waals surface area contributed by atoms with Crippen molar-refractivity contribution < 1.29 is 32.9 Å². The summed E-state index contributed by atoms with van der Waals surface area (Å²) in [6.07, 6.45) is 1.45. The maximum atomic E-state index is 14.9. The first-order chi connectivity index (χ1) is 17.5. The van der Waals surface area contributed by atoms with Crippen LogP contribution < -0.4 is 14.2 Å². The molecule has 1 aliphatic carbocycles. The third-order valence-electron chi connectivity index (χ3n) is 6.50. The molecule has 0 aromatic heterocycles. The average molecular weight is 487 g/mol. The summed E-state index contributed by atoms with van der Waals surface area (Å²) in [5.41, 5.74) is 2.59. The van der Waals surface area contributed by atoms with E-state index in [1.165, 1.54) is 25.3 Å². The van der Waals surface area contributed by atoms with Gasteiger partial charge >= 0.3 is 5.97 Å². The number of hydrogen-bond acceptors (Lipinski definition) is 7. The van der Waals surface area contributed by atoms with E-state index in [4.69, 9.17) is 18.9 Å². The van der Waals surface area contributed by atoms with E-state index in [0.717, 1.165) is 5.56 Å². The Balaban J connectivity index is 1.37. The maximum absolute atomic E-state index is 14.9. The van der Waals surface area contributed by atoms with Crippen LogP contribution in [0.4, 0.5) is 4.39 Å². The number of carbonyl (C=O) groups excluding carboxylic acids is 2. The van der Waals surface area contributed by atoms with E-state index in [0.29, 0.717) is 65.4 Å². The minimum absolute atomic E-state index is 0.0789. The average Bonchev–Trinajstić information content (AvgIpc) is 3.50. The fourth-order valence-electron chi connectivity index (χ4n) is 4.72. The van der Waals surface area contributed by atoms with Gasteiger partial charge in [-0.3, -0.25) is 9.59 Å². The molecule has 2 atom stereocenters. The van der Waals surface area contributed by atoms with E-state index in [9.17, 15) is 19.2 Å². The summed E-state index contributed by atoms with van der Waals surface area (Å²) in [6.45, 7) is 0.383. The van der Waals surface area contributed by atoms with Gasteiger partial charge < -0.3 is 18.9 Å². The van der Waals surface area contributed by atoms with Crippen molar-refractivity contribution in [2.75, 3.05) is 13.7 Å². The Labute approximate surface area is 207 Å². The Morgan fingerprint density at radius 3 is 2.81 bits per heavy atom. The quantitative estimate of drug-likeness (QED) is 0.325. The fraction of sp³-hybridized carbons (Fsp3) is 0.250. The molecular weight excluding hydrogens is 465 g/mol. The number of methoxy groups -OCH3 is 1. The van der Waals surface area contributed by atoms with Crippen LogP contribution in [0, 0.1) is 17.1 Å². The highest BCUT2D eigenvalue weighted by Crippen LogP contribution is 2.44. The number of esters is 1. The van der Waals surface area contributed by atoms with Crippen molar-refractivity contribution in [2.45, 2.75) is 31.3 Å². The van der Waals surface area contributed by atoms with Crippen molar-refractivity contribution in [3.8, 4) is 29.1 Å². The lowest BCUT2D eigenvalue weighted by Gasteiger charge is -2.17. The van der Waals surface area contributed by atoms with Crippen LogP contribution in [-0.4, -0.2) is 26.0 Å². The monoisotopic (exact) mass is 487 g/mol. The van der Waals surface area contributed by atoms with Crippen LogP contribution in [0.2, 0.25) is 0 Å². The first-order valence-electron chi connectivity index (χ1n) is 11.5. The lowest BCUT2D eigenvalue weighted by molar-refractivity contribution is -0.141. The zero-order chi connectivity index (χ0) is 25.2. The zero-order valence-electron chi connectivity index (χ0n) is 19.5. The van der Waals surface area contributed by atoms with Gasteiger partial charge in [-0.05, 0) is 49.2 Å². The second-order valence-corrected chi connectivity index (χ2v) is 8.66. The summed E-state index contributed by atoms with van der Waals surface area (Å²) in [5.74, 6) is 1.13. The number of fused-ring (bicyclic) bond motifs is 2. The van der Waals surface area contributed by atoms with Gasteiger partial charge in [-0.1, -0.05) is 6.07 Å². The van der Waals surface area contributed by atoms with Crippen LogP contribution in [0.15, 0.2) is 48.5 Å². The molecule has 0 bridgehead atoms. The van der Waals surface area contributed by atoms with Gasteiger partial charge in [0.15, 0.2) is 0 Å². The molecule has 36 heavy (non-hydrogen) atoms. The van der Waals surface area contributed by atoms with Gasteiger partial charge in [0.2, 0.25) is 0 Å². The van der Waals surface area contributed by atoms with Gasteiger partial charge in [-0.2, -0.15) is 5.26 Å². The lowest BCUT2D eigenvalue weighted by atomic mass is 9.98. The highest BCUT2D eigenvalue weighted by atomic mass is 19.1. The number of halogens is 1. The Morgan fingerprint density at radius 1 is 1.19 bits per heavy atom. The second kappa shape index (κ2) is 9.70. The molecule has 7 nitrogen and oxygen atoms in total. The van der Waals surface area contributed by atoms with Gasteiger partial charge in [-0.15, -0.1) is 0 Å². The molecule has 0 saturated carbocycles. The molecule has 2 aliphatic rings. The molecule has 5 rings (SSSR count). The Kier molecular flexibility index (Phi) is 6.30. The number of rotatable bonds is 7. The molecule has 0 amide bonds. The summed E-state index contributed by atoms with van der Waals surface area (Å²) in [6, 6.07) is 14.9. The molecule has 0 N–H and O–H groups in total. The third-order valence-corrected chi connectivity index (χ3v) is 6.50. The van der Waals surface area contributed by atoms with Gasteiger partial charge in [0.1, 0.15) is 47.3 Å². The molecule has 1 unspecified atom stereocenters. The van der Waals surface area contributed by atoms with Gasteiger partial charge in [0.05, 0.1) is 25.7 Å². The van der Waals surface area contributed by atoms with Crippen LogP contribution in [0.3, 0.4) is 0 Å². The number of nitriles is 1. The minimum Gasteiger partial charge on any atom is -0.492 e. The predicted molar refractivity (Wildman–Crippen MR) is 126 cm³/mol. The van der Waals surface area contributed by atoms with E-state index in [-0.39, 0.29) is 23.9 Å². The number of ether oxygens (including phenoxy) is 4. The molecule has 0 saturated heterocycles. The Hall–Kier alpha value is -4.38. The number of nitrogens with zero attached hydrogens (tertiary/aromatic N) is 1. The van der Waals surface area contributed by atoms with Crippen molar-refractivity contribution in [2.24, 2.45) is 0 Å². The molecule has 8 heteroatoms. The molecule has 3 aromatic carbocycles. The largest absolute Gasteiger partial charge is 0.492 e. The summed E-state index contributed by atoms with van der Waals surface area (Å²) < 4.78 is 37.6. The van der Waals surface area contributed by atoms with E-state index in [1.54, 1.807) is 24.3 Å². The first kappa shape index (κ1) is 23.4. The SMILES string of the molecule is COC(=O)CC1COc2cc(O[C@@H]3CCc4c(Oc5ccc(C=O)cc5C#N)ccc(F)c43)ccc21. The number of benzene rings is 3. The molecule has 182 valence electrons. The van der Waals surface area contributed by atoms with Crippen molar-refractivity contribution >= 4 is 12.3 Å². The van der Waals surface area contributed by atoms with E-state index in [1.807, 2.05) is 12.1 Å². The maximum Gasteiger partial charge on any atom is 0.306 e. The van der Waals surface area contributed by atoms with Crippen LogP contribution in [-0.2, 0) is 16.0 Å². The lowest BCUT2D eigenvalue weighted by Crippen LogP contribution is -2.09. The van der Waals surface area contributed by atoms with Gasteiger partial charge in [0.25, 0.3) is 0 Å². The smallest absolute Gasteiger partial charge is 0.306 e. The molecule has 0 radical (unpaired) electrons. The van der Waals surface area contributed by atoms with Crippen LogP contribution in [0.5, 0.6) is 23.0 Å². The van der Waals surface area contributed by atoms with Crippen LogP contribution >= 0.6 is 0 Å². The Morgan fingerprint density at radius 2 is 2.03 bits per heavy atom. The standard InChI is InChI=1S/C28H22FNO6/c1-33-27(32)11-18-15-34-26-12-19(3-4-20(18)26)35-25-8-5-21-24(9-6-22(29)28(21)25)36-23-7-2-16(14-31)10-17(23)13-30/h2-4,6-7,9-10,12,14,18,25H,5,8,11,15H2,1H3/t18?,25-/m1/s1. The second-order valence-electron chi connectivity index (χ2n) is 8.66.